The van der Waals surface area contributed by atoms with Crippen LogP contribution in [0.15, 0.2) is 41.8 Å². The average molecular weight is 299 g/mol. The van der Waals surface area contributed by atoms with Crippen molar-refractivity contribution < 1.29 is 14.6 Å². The fourth-order valence-electron chi connectivity index (χ4n) is 2.23. The Morgan fingerprint density at radius 1 is 1.29 bits per heavy atom. The summed E-state index contributed by atoms with van der Waals surface area (Å²) < 4.78 is 5.69. The molecular formula is C16H13NO3S. The maximum Gasteiger partial charge on any atom is 0.355 e. The van der Waals surface area contributed by atoms with E-state index >= 15 is 0 Å². The molecule has 106 valence electrons. The number of benzene rings is 2. The Bertz CT molecular complexity index is 810. The van der Waals surface area contributed by atoms with Crippen LogP contribution >= 0.6 is 11.3 Å². The summed E-state index contributed by atoms with van der Waals surface area (Å²) in [6.45, 7) is 2.46. The number of aromatic nitrogens is 1. The highest BCUT2D eigenvalue weighted by molar-refractivity contribution is 7.13. The highest BCUT2D eigenvalue weighted by Crippen LogP contribution is 2.38. The molecule has 0 atom stereocenters. The van der Waals surface area contributed by atoms with Crippen LogP contribution < -0.4 is 4.74 Å². The molecule has 0 aliphatic rings. The molecule has 0 spiro atoms. The van der Waals surface area contributed by atoms with Crippen molar-refractivity contribution in [2.75, 3.05) is 6.61 Å². The molecule has 5 heteroatoms. The lowest BCUT2D eigenvalue weighted by Gasteiger charge is -2.11. The third-order valence-electron chi connectivity index (χ3n) is 3.13. The van der Waals surface area contributed by atoms with Gasteiger partial charge in [-0.05, 0) is 23.8 Å². The van der Waals surface area contributed by atoms with E-state index in [0.29, 0.717) is 11.6 Å². The van der Waals surface area contributed by atoms with Crippen molar-refractivity contribution in [1.82, 2.24) is 4.98 Å². The van der Waals surface area contributed by atoms with Crippen LogP contribution in [-0.4, -0.2) is 22.7 Å². The van der Waals surface area contributed by atoms with Gasteiger partial charge >= 0.3 is 5.97 Å². The molecule has 0 saturated heterocycles. The first-order chi connectivity index (χ1) is 10.2. The lowest BCUT2D eigenvalue weighted by molar-refractivity contribution is 0.0691. The fraction of sp³-hybridized carbons (Fsp3) is 0.125. The molecule has 0 aliphatic heterocycles. The molecule has 0 unspecified atom stereocenters. The molecule has 0 saturated carbocycles. The highest BCUT2D eigenvalue weighted by Gasteiger charge is 2.16. The predicted octanol–water partition coefficient (Wildman–Crippen LogP) is 4.06. The minimum atomic E-state index is -1.02. The van der Waals surface area contributed by atoms with Gasteiger partial charge in [-0.1, -0.05) is 30.3 Å². The Balaban J connectivity index is 2.26. The van der Waals surface area contributed by atoms with Crippen molar-refractivity contribution >= 4 is 28.1 Å². The van der Waals surface area contributed by atoms with Gasteiger partial charge in [0.15, 0.2) is 5.69 Å². The summed E-state index contributed by atoms with van der Waals surface area (Å²) in [4.78, 5) is 15.2. The number of fused-ring (bicyclic) bond motifs is 1. The maximum absolute atomic E-state index is 11.0. The van der Waals surface area contributed by atoms with Crippen LogP contribution in [0.25, 0.3) is 21.3 Å². The van der Waals surface area contributed by atoms with Crippen LogP contribution in [0.2, 0.25) is 0 Å². The number of hydrogen-bond donors (Lipinski definition) is 1. The first-order valence-corrected chi connectivity index (χ1v) is 7.42. The van der Waals surface area contributed by atoms with E-state index in [-0.39, 0.29) is 5.69 Å². The lowest BCUT2D eigenvalue weighted by atomic mass is 10.0. The molecule has 3 rings (SSSR count). The second kappa shape index (κ2) is 5.54. The number of carboxylic acid groups (broad SMARTS) is 1. The summed E-state index contributed by atoms with van der Waals surface area (Å²) in [5.41, 5.74) is 0.915. The van der Waals surface area contributed by atoms with E-state index < -0.39 is 5.97 Å². The van der Waals surface area contributed by atoms with Crippen LogP contribution in [0, 0.1) is 0 Å². The fourth-order valence-corrected chi connectivity index (χ4v) is 3.09. The van der Waals surface area contributed by atoms with Crippen molar-refractivity contribution in [3.05, 3.63) is 47.5 Å². The van der Waals surface area contributed by atoms with E-state index in [0.717, 1.165) is 22.1 Å². The van der Waals surface area contributed by atoms with E-state index in [1.165, 1.54) is 11.3 Å². The van der Waals surface area contributed by atoms with Crippen molar-refractivity contribution in [3.8, 4) is 16.3 Å². The minimum Gasteiger partial charge on any atom is -0.493 e. The van der Waals surface area contributed by atoms with Crippen molar-refractivity contribution in [2.45, 2.75) is 6.92 Å². The molecule has 1 aromatic heterocycles. The van der Waals surface area contributed by atoms with E-state index in [9.17, 15) is 4.79 Å². The topological polar surface area (TPSA) is 59.4 Å². The molecule has 0 radical (unpaired) electrons. The number of rotatable bonds is 4. The summed E-state index contributed by atoms with van der Waals surface area (Å²) >= 11 is 1.31. The molecular weight excluding hydrogens is 286 g/mol. The Morgan fingerprint density at radius 3 is 2.81 bits per heavy atom. The SMILES string of the molecule is CCOc1ccc2ccccc2c1-c1nc(C(=O)O)cs1. The number of hydrogen-bond acceptors (Lipinski definition) is 4. The Morgan fingerprint density at radius 2 is 2.10 bits per heavy atom. The molecule has 2 aromatic carbocycles. The van der Waals surface area contributed by atoms with Gasteiger partial charge in [0.1, 0.15) is 10.8 Å². The first kappa shape index (κ1) is 13.6. The van der Waals surface area contributed by atoms with Gasteiger partial charge in [-0.2, -0.15) is 0 Å². The minimum absolute atomic E-state index is 0.0605. The number of nitrogens with zero attached hydrogens (tertiary/aromatic N) is 1. The van der Waals surface area contributed by atoms with Gasteiger partial charge in [0.05, 0.1) is 12.2 Å². The van der Waals surface area contributed by atoms with Crippen LogP contribution in [0.1, 0.15) is 17.4 Å². The normalized spacial score (nSPS) is 10.7. The molecule has 3 aromatic rings. The largest absolute Gasteiger partial charge is 0.493 e. The van der Waals surface area contributed by atoms with Gasteiger partial charge in [0, 0.05) is 5.38 Å². The van der Waals surface area contributed by atoms with Gasteiger partial charge in [-0.3, -0.25) is 0 Å². The molecule has 0 bridgehead atoms. The molecule has 0 fully saturated rings. The molecule has 21 heavy (non-hydrogen) atoms. The van der Waals surface area contributed by atoms with E-state index in [4.69, 9.17) is 9.84 Å². The zero-order valence-electron chi connectivity index (χ0n) is 11.4. The molecule has 0 aliphatic carbocycles. The Kier molecular flexibility index (Phi) is 3.58. The van der Waals surface area contributed by atoms with Crippen LogP contribution in [0.3, 0.4) is 0 Å². The van der Waals surface area contributed by atoms with Gasteiger partial charge in [0.2, 0.25) is 0 Å². The summed E-state index contributed by atoms with van der Waals surface area (Å²) in [6, 6.07) is 11.8. The number of ether oxygens (including phenoxy) is 1. The third-order valence-corrected chi connectivity index (χ3v) is 3.99. The zero-order chi connectivity index (χ0) is 14.8. The Labute approximate surface area is 125 Å². The standard InChI is InChI=1S/C16H13NO3S/c1-2-20-13-8-7-10-5-3-4-6-11(10)14(13)15-17-12(9-21-15)16(18)19/h3-9H,2H2,1H3,(H,18,19). The Hall–Kier alpha value is -2.40. The highest BCUT2D eigenvalue weighted by atomic mass is 32.1. The number of aromatic carboxylic acids is 1. The van der Waals surface area contributed by atoms with Gasteiger partial charge < -0.3 is 9.84 Å². The summed E-state index contributed by atoms with van der Waals surface area (Å²) in [7, 11) is 0. The van der Waals surface area contributed by atoms with Crippen molar-refractivity contribution in [3.63, 3.8) is 0 Å². The smallest absolute Gasteiger partial charge is 0.355 e. The van der Waals surface area contributed by atoms with Crippen molar-refractivity contribution in [1.29, 1.82) is 0 Å². The van der Waals surface area contributed by atoms with Crippen LogP contribution in [0.5, 0.6) is 5.75 Å². The van der Waals surface area contributed by atoms with Crippen LogP contribution in [0.4, 0.5) is 0 Å². The second-order valence-corrected chi connectivity index (χ2v) is 5.29. The number of carbonyl (C=O) groups is 1. The monoisotopic (exact) mass is 299 g/mol. The van der Waals surface area contributed by atoms with E-state index in [2.05, 4.69) is 4.98 Å². The maximum atomic E-state index is 11.0. The molecule has 1 heterocycles. The molecule has 0 amide bonds. The van der Waals surface area contributed by atoms with Gasteiger partial charge in [-0.15, -0.1) is 11.3 Å². The predicted molar refractivity (Wildman–Crippen MR) is 83.2 cm³/mol. The quantitative estimate of drug-likeness (QED) is 0.789. The van der Waals surface area contributed by atoms with Crippen molar-refractivity contribution in [2.24, 2.45) is 0 Å². The van der Waals surface area contributed by atoms with Crippen LogP contribution in [-0.2, 0) is 0 Å². The van der Waals surface area contributed by atoms with Gasteiger partial charge in [-0.25, -0.2) is 9.78 Å². The van der Waals surface area contributed by atoms with E-state index in [1.54, 1.807) is 5.38 Å². The second-order valence-electron chi connectivity index (χ2n) is 4.44. The first-order valence-electron chi connectivity index (χ1n) is 6.54. The van der Waals surface area contributed by atoms with E-state index in [1.807, 2.05) is 43.3 Å². The zero-order valence-corrected chi connectivity index (χ0v) is 12.2. The number of thiazole rings is 1. The summed E-state index contributed by atoms with van der Waals surface area (Å²) in [5.74, 6) is -0.293. The third kappa shape index (κ3) is 2.48. The lowest BCUT2D eigenvalue weighted by Crippen LogP contribution is -1.97. The number of carboxylic acids is 1. The molecule has 4 nitrogen and oxygen atoms in total. The molecule has 1 N–H and O–H groups in total. The van der Waals surface area contributed by atoms with Gasteiger partial charge in [0.25, 0.3) is 0 Å². The summed E-state index contributed by atoms with van der Waals surface area (Å²) in [5, 5.41) is 13.3. The summed E-state index contributed by atoms with van der Waals surface area (Å²) in [6.07, 6.45) is 0. The average Bonchev–Trinajstić information content (AvgIpc) is 2.97.